The first-order valence-electron chi connectivity index (χ1n) is 11.1. The lowest BCUT2D eigenvalue weighted by atomic mass is 9.88. The van der Waals surface area contributed by atoms with Crippen LogP contribution in [0.15, 0.2) is 30.5 Å². The van der Waals surface area contributed by atoms with Crippen molar-refractivity contribution in [1.82, 2.24) is 15.3 Å². The van der Waals surface area contributed by atoms with Gasteiger partial charge in [-0.2, -0.15) is 4.98 Å². The lowest BCUT2D eigenvalue weighted by Gasteiger charge is -2.25. The van der Waals surface area contributed by atoms with E-state index in [4.69, 9.17) is 4.98 Å². The van der Waals surface area contributed by atoms with Crippen LogP contribution in [0.4, 0.5) is 17.5 Å². The molecule has 6 nitrogen and oxygen atoms in total. The second-order valence-corrected chi connectivity index (χ2v) is 9.32. The van der Waals surface area contributed by atoms with Crippen molar-refractivity contribution >= 4 is 23.4 Å². The Bertz CT molecular complexity index is 920. The number of nitrogens with zero attached hydrogens (tertiary/aromatic N) is 3. The van der Waals surface area contributed by atoms with Gasteiger partial charge in [0.05, 0.1) is 5.41 Å². The molecule has 0 spiro atoms. The van der Waals surface area contributed by atoms with Crippen LogP contribution < -0.4 is 15.5 Å². The molecule has 2 heterocycles. The van der Waals surface area contributed by atoms with Gasteiger partial charge in [0.15, 0.2) is 0 Å². The molecule has 1 saturated carbocycles. The van der Waals surface area contributed by atoms with Crippen LogP contribution in [0.1, 0.15) is 65.0 Å². The zero-order valence-electron chi connectivity index (χ0n) is 18.7. The molecular weight excluding hydrogens is 374 g/mol. The van der Waals surface area contributed by atoms with Crippen LogP contribution in [-0.2, 0) is 16.8 Å². The summed E-state index contributed by atoms with van der Waals surface area (Å²) in [5.74, 6) is 2.19. The average molecular weight is 408 g/mol. The quantitative estimate of drug-likeness (QED) is 0.673. The molecule has 1 fully saturated rings. The number of carbonyl (C=O) groups excluding carboxylic acids is 1. The third-order valence-electron chi connectivity index (χ3n) is 6.62. The standard InChI is InChI=1S/C24H33N5O/c1-6-15(2)29-21-20(24(4,5)22(29)30)14-26-23(28-21)27-19-11-7-17(8-12-19)13-25-16(3)18-9-10-18/h7-8,11-12,14-16,18,25H,6,9-10,13H2,1-5H3,(H,26,27,28)/t15-,16?/m0/s1. The minimum Gasteiger partial charge on any atom is -0.324 e. The van der Waals surface area contributed by atoms with Crippen LogP contribution in [-0.4, -0.2) is 28.0 Å². The van der Waals surface area contributed by atoms with Crippen LogP contribution in [0.5, 0.6) is 0 Å². The predicted octanol–water partition coefficient (Wildman–Crippen LogP) is 4.53. The van der Waals surface area contributed by atoms with E-state index in [1.54, 1.807) is 6.20 Å². The molecule has 2 aromatic rings. The van der Waals surface area contributed by atoms with Crippen molar-refractivity contribution in [3.8, 4) is 0 Å². The summed E-state index contributed by atoms with van der Waals surface area (Å²) in [5, 5.41) is 6.90. The van der Waals surface area contributed by atoms with Gasteiger partial charge in [-0.15, -0.1) is 0 Å². The number of anilines is 3. The van der Waals surface area contributed by atoms with Gasteiger partial charge in [0.25, 0.3) is 0 Å². The highest BCUT2D eigenvalue weighted by Gasteiger charge is 2.46. The lowest BCUT2D eigenvalue weighted by molar-refractivity contribution is -0.122. The maximum absolute atomic E-state index is 13.0. The van der Waals surface area contributed by atoms with Gasteiger partial charge in [-0.25, -0.2) is 4.98 Å². The molecule has 1 aromatic heterocycles. The van der Waals surface area contributed by atoms with Gasteiger partial charge in [-0.3, -0.25) is 9.69 Å². The Kier molecular flexibility index (Phi) is 5.53. The second kappa shape index (κ2) is 7.99. The smallest absolute Gasteiger partial charge is 0.238 e. The molecule has 0 bridgehead atoms. The molecule has 0 saturated heterocycles. The number of carbonyl (C=O) groups is 1. The van der Waals surface area contributed by atoms with E-state index in [-0.39, 0.29) is 11.9 Å². The van der Waals surface area contributed by atoms with Crippen molar-refractivity contribution in [1.29, 1.82) is 0 Å². The van der Waals surface area contributed by atoms with Gasteiger partial charge in [0.2, 0.25) is 11.9 Å². The molecule has 1 amide bonds. The monoisotopic (exact) mass is 407 g/mol. The average Bonchev–Trinajstić information content (AvgIpc) is 3.56. The van der Waals surface area contributed by atoms with Gasteiger partial charge in [0, 0.05) is 36.1 Å². The first-order valence-corrected chi connectivity index (χ1v) is 11.1. The second-order valence-electron chi connectivity index (χ2n) is 9.32. The Morgan fingerprint density at radius 2 is 1.90 bits per heavy atom. The molecule has 6 heteroatoms. The van der Waals surface area contributed by atoms with E-state index >= 15 is 0 Å². The highest BCUT2D eigenvalue weighted by molar-refractivity contribution is 6.07. The number of rotatable bonds is 8. The maximum Gasteiger partial charge on any atom is 0.238 e. The van der Waals surface area contributed by atoms with E-state index in [2.05, 4.69) is 60.7 Å². The van der Waals surface area contributed by atoms with E-state index in [1.807, 2.05) is 18.7 Å². The Balaban J connectivity index is 1.48. The largest absolute Gasteiger partial charge is 0.324 e. The highest BCUT2D eigenvalue weighted by Crippen LogP contribution is 2.41. The van der Waals surface area contributed by atoms with Crippen molar-refractivity contribution < 1.29 is 4.79 Å². The minimum absolute atomic E-state index is 0.0931. The lowest BCUT2D eigenvalue weighted by Crippen LogP contribution is -2.41. The van der Waals surface area contributed by atoms with Crippen LogP contribution in [0.2, 0.25) is 0 Å². The number of aromatic nitrogens is 2. The van der Waals surface area contributed by atoms with E-state index in [9.17, 15) is 4.79 Å². The number of fused-ring (bicyclic) bond motifs is 1. The number of hydrogen-bond donors (Lipinski definition) is 2. The van der Waals surface area contributed by atoms with Gasteiger partial charge < -0.3 is 10.6 Å². The third-order valence-corrected chi connectivity index (χ3v) is 6.62. The molecule has 4 rings (SSSR count). The minimum atomic E-state index is -0.594. The number of benzene rings is 1. The fraction of sp³-hybridized carbons (Fsp3) is 0.542. The molecule has 1 aliphatic carbocycles. The topological polar surface area (TPSA) is 70.2 Å². The first kappa shape index (κ1) is 20.8. The summed E-state index contributed by atoms with van der Waals surface area (Å²) in [6.07, 6.45) is 5.38. The highest BCUT2D eigenvalue weighted by atomic mass is 16.2. The zero-order chi connectivity index (χ0) is 21.5. The molecule has 2 aliphatic rings. The Morgan fingerprint density at radius 3 is 2.53 bits per heavy atom. The van der Waals surface area contributed by atoms with E-state index in [0.717, 1.165) is 36.0 Å². The van der Waals surface area contributed by atoms with Crippen molar-refractivity contribution in [2.75, 3.05) is 10.2 Å². The SMILES string of the molecule is CC[C@H](C)N1C(=O)C(C)(C)c2cnc(Nc3ccc(CNC(C)C4CC4)cc3)nc21. The first-order chi connectivity index (χ1) is 14.3. The molecule has 160 valence electrons. The molecular formula is C24H33N5O. The van der Waals surface area contributed by atoms with Crippen molar-refractivity contribution in [2.24, 2.45) is 5.92 Å². The molecule has 1 unspecified atom stereocenters. The van der Waals surface area contributed by atoms with E-state index in [1.165, 1.54) is 18.4 Å². The normalized spacial score (nSPS) is 19.5. The van der Waals surface area contributed by atoms with Crippen molar-refractivity contribution in [3.05, 3.63) is 41.6 Å². The number of amides is 1. The van der Waals surface area contributed by atoms with Gasteiger partial charge in [0.1, 0.15) is 5.82 Å². The summed E-state index contributed by atoms with van der Waals surface area (Å²) in [6.45, 7) is 11.2. The summed E-state index contributed by atoms with van der Waals surface area (Å²) >= 11 is 0. The Labute approximate surface area is 179 Å². The molecule has 0 radical (unpaired) electrons. The third kappa shape index (κ3) is 3.93. The summed E-state index contributed by atoms with van der Waals surface area (Å²) in [4.78, 5) is 24.0. The fourth-order valence-electron chi connectivity index (χ4n) is 4.04. The summed E-state index contributed by atoms with van der Waals surface area (Å²) in [7, 11) is 0. The van der Waals surface area contributed by atoms with Gasteiger partial charge in [-0.1, -0.05) is 19.1 Å². The molecule has 2 atom stereocenters. The summed E-state index contributed by atoms with van der Waals surface area (Å²) in [6, 6.07) is 9.04. The Hall–Kier alpha value is -2.47. The Morgan fingerprint density at radius 1 is 1.20 bits per heavy atom. The van der Waals surface area contributed by atoms with Crippen LogP contribution in [0.25, 0.3) is 0 Å². The molecule has 1 aromatic carbocycles. The van der Waals surface area contributed by atoms with Crippen LogP contribution >= 0.6 is 0 Å². The maximum atomic E-state index is 13.0. The number of hydrogen-bond acceptors (Lipinski definition) is 5. The zero-order valence-corrected chi connectivity index (χ0v) is 18.7. The van der Waals surface area contributed by atoms with Gasteiger partial charge >= 0.3 is 0 Å². The summed E-state index contributed by atoms with van der Waals surface area (Å²) < 4.78 is 0. The fourth-order valence-corrected chi connectivity index (χ4v) is 4.04. The number of nitrogens with one attached hydrogen (secondary N) is 2. The molecule has 30 heavy (non-hydrogen) atoms. The van der Waals surface area contributed by atoms with Crippen molar-refractivity contribution in [3.63, 3.8) is 0 Å². The van der Waals surface area contributed by atoms with Crippen molar-refractivity contribution in [2.45, 2.75) is 77.9 Å². The van der Waals surface area contributed by atoms with Crippen LogP contribution in [0.3, 0.4) is 0 Å². The van der Waals surface area contributed by atoms with E-state index < -0.39 is 5.41 Å². The summed E-state index contributed by atoms with van der Waals surface area (Å²) in [5.41, 5.74) is 2.50. The van der Waals surface area contributed by atoms with Gasteiger partial charge in [-0.05, 0) is 70.6 Å². The predicted molar refractivity (Wildman–Crippen MR) is 121 cm³/mol. The molecule has 1 aliphatic heterocycles. The van der Waals surface area contributed by atoms with E-state index in [0.29, 0.717) is 12.0 Å². The van der Waals surface area contributed by atoms with Crippen LogP contribution in [0, 0.1) is 5.92 Å². The molecule has 2 N–H and O–H groups in total.